The zero-order chi connectivity index (χ0) is 12.3. The largest absolute Gasteiger partial charge is 0.438 e. The number of benzene rings is 1. The van der Waals surface area contributed by atoms with Gasteiger partial charge in [0.1, 0.15) is 17.9 Å². The van der Waals surface area contributed by atoms with Crippen LogP contribution in [0.5, 0.6) is 11.6 Å². The molecule has 0 bridgehead atoms. The summed E-state index contributed by atoms with van der Waals surface area (Å²) in [5, 5.41) is 9.01. The maximum Gasteiger partial charge on any atom is 0.227 e. The van der Waals surface area contributed by atoms with Gasteiger partial charge in [0, 0.05) is 12.3 Å². The smallest absolute Gasteiger partial charge is 0.227 e. The minimum absolute atomic E-state index is 0.0397. The summed E-state index contributed by atoms with van der Waals surface area (Å²) in [6.45, 7) is -0.245. The van der Waals surface area contributed by atoms with Crippen molar-refractivity contribution in [3.8, 4) is 11.6 Å². The average Bonchev–Trinajstić information content (AvgIpc) is 2.34. The number of hydrogen-bond donors (Lipinski definition) is 1. The highest BCUT2D eigenvalue weighted by molar-refractivity contribution is 6.30. The third kappa shape index (κ3) is 2.69. The van der Waals surface area contributed by atoms with E-state index in [1.54, 1.807) is 0 Å². The first kappa shape index (κ1) is 11.8. The van der Waals surface area contributed by atoms with E-state index < -0.39 is 5.82 Å². The van der Waals surface area contributed by atoms with Crippen LogP contribution in [0.2, 0.25) is 5.02 Å². The van der Waals surface area contributed by atoms with Crippen molar-refractivity contribution < 1.29 is 14.2 Å². The van der Waals surface area contributed by atoms with Crippen LogP contribution >= 0.6 is 11.6 Å². The predicted octanol–water partition coefficient (Wildman–Crippen LogP) is 2.55. The number of ether oxygens (including phenoxy) is 1. The third-order valence-electron chi connectivity index (χ3n) is 2.02. The average molecular weight is 255 g/mol. The maximum atomic E-state index is 12.9. The first-order valence-electron chi connectivity index (χ1n) is 4.73. The summed E-state index contributed by atoms with van der Waals surface area (Å²) in [5.41, 5.74) is 0.438. The van der Waals surface area contributed by atoms with Gasteiger partial charge in [0.2, 0.25) is 5.88 Å². The highest BCUT2D eigenvalue weighted by Crippen LogP contribution is 2.26. The van der Waals surface area contributed by atoms with E-state index in [2.05, 4.69) is 9.97 Å². The van der Waals surface area contributed by atoms with Crippen LogP contribution in [0.4, 0.5) is 4.39 Å². The van der Waals surface area contributed by atoms with Crippen molar-refractivity contribution in [2.45, 2.75) is 6.61 Å². The molecule has 1 aromatic heterocycles. The number of aromatic nitrogens is 2. The molecule has 6 heteroatoms. The molecule has 2 rings (SSSR count). The molecule has 0 unspecified atom stereocenters. The van der Waals surface area contributed by atoms with Gasteiger partial charge >= 0.3 is 0 Å². The molecule has 0 fully saturated rings. The van der Waals surface area contributed by atoms with Crippen LogP contribution in [0.1, 0.15) is 5.56 Å². The molecule has 0 radical (unpaired) electrons. The van der Waals surface area contributed by atoms with E-state index in [4.69, 9.17) is 21.4 Å². The molecule has 1 heterocycles. The van der Waals surface area contributed by atoms with Gasteiger partial charge < -0.3 is 9.84 Å². The molecule has 1 N–H and O–H groups in total. The molecule has 2 aromatic rings. The van der Waals surface area contributed by atoms with Gasteiger partial charge in [0.15, 0.2) is 0 Å². The van der Waals surface area contributed by atoms with Crippen molar-refractivity contribution >= 4 is 11.6 Å². The van der Waals surface area contributed by atoms with E-state index in [-0.39, 0.29) is 17.5 Å². The van der Waals surface area contributed by atoms with E-state index >= 15 is 0 Å². The van der Waals surface area contributed by atoms with Gasteiger partial charge in [0.25, 0.3) is 0 Å². The summed E-state index contributed by atoms with van der Waals surface area (Å²) in [6, 6.07) is 3.95. The van der Waals surface area contributed by atoms with Crippen LogP contribution < -0.4 is 4.74 Å². The van der Waals surface area contributed by atoms with Crippen LogP contribution in [0.3, 0.4) is 0 Å². The summed E-state index contributed by atoms with van der Waals surface area (Å²) in [5.74, 6) is 0.0269. The van der Waals surface area contributed by atoms with E-state index in [0.717, 1.165) is 0 Å². The van der Waals surface area contributed by atoms with Crippen LogP contribution in [0, 0.1) is 5.82 Å². The Morgan fingerprint density at radius 2 is 2.24 bits per heavy atom. The van der Waals surface area contributed by atoms with Gasteiger partial charge in [-0.2, -0.15) is 0 Å². The maximum absolute atomic E-state index is 12.9. The van der Waals surface area contributed by atoms with Gasteiger partial charge in [0.05, 0.1) is 17.2 Å². The lowest BCUT2D eigenvalue weighted by Crippen LogP contribution is -1.96. The number of aliphatic hydroxyl groups is 1. The second kappa shape index (κ2) is 5.07. The second-order valence-corrected chi connectivity index (χ2v) is 3.60. The zero-order valence-corrected chi connectivity index (χ0v) is 9.36. The second-order valence-electron chi connectivity index (χ2n) is 3.19. The Morgan fingerprint density at radius 1 is 1.41 bits per heavy atom. The molecular weight excluding hydrogens is 247 g/mol. The molecule has 0 aliphatic rings. The van der Waals surface area contributed by atoms with Crippen LogP contribution in [0.25, 0.3) is 0 Å². The Balaban J connectivity index is 2.28. The molecule has 17 heavy (non-hydrogen) atoms. The van der Waals surface area contributed by atoms with Crippen molar-refractivity contribution in [1.29, 1.82) is 0 Å². The number of rotatable bonds is 3. The summed E-state index contributed by atoms with van der Waals surface area (Å²) < 4.78 is 18.3. The number of halogens is 2. The highest BCUT2D eigenvalue weighted by Gasteiger charge is 2.07. The number of aliphatic hydroxyl groups excluding tert-OH is 1. The fourth-order valence-electron chi connectivity index (χ4n) is 1.20. The molecule has 0 aliphatic carbocycles. The Labute approximate surface area is 102 Å². The molecular formula is C11H8ClFN2O2. The quantitative estimate of drug-likeness (QED) is 0.915. The van der Waals surface area contributed by atoms with Crippen LogP contribution in [-0.4, -0.2) is 15.1 Å². The Kier molecular flexibility index (Phi) is 3.51. The minimum atomic E-state index is -0.524. The van der Waals surface area contributed by atoms with Crippen molar-refractivity contribution in [3.05, 3.63) is 47.1 Å². The van der Waals surface area contributed by atoms with Crippen LogP contribution in [0.15, 0.2) is 30.7 Å². The summed E-state index contributed by atoms with van der Waals surface area (Å²) in [7, 11) is 0. The molecule has 88 valence electrons. The molecule has 0 aliphatic heterocycles. The fraction of sp³-hybridized carbons (Fsp3) is 0.0909. The lowest BCUT2D eigenvalue weighted by Gasteiger charge is -2.07. The standard InChI is InChI=1S/C11H8ClFN2O2/c12-9-3-8(1-2-10(9)13)17-11-7(5-16)4-14-6-15-11/h1-4,6,16H,5H2. The number of hydrogen-bond acceptors (Lipinski definition) is 4. The first-order chi connectivity index (χ1) is 8.20. The minimum Gasteiger partial charge on any atom is -0.438 e. The molecule has 0 saturated carbocycles. The van der Waals surface area contributed by atoms with Gasteiger partial charge in [-0.25, -0.2) is 14.4 Å². The fourth-order valence-corrected chi connectivity index (χ4v) is 1.37. The van der Waals surface area contributed by atoms with Crippen molar-refractivity contribution in [2.24, 2.45) is 0 Å². The SMILES string of the molecule is OCc1cncnc1Oc1ccc(F)c(Cl)c1. The Morgan fingerprint density at radius 3 is 2.94 bits per heavy atom. The first-order valence-corrected chi connectivity index (χ1v) is 5.11. The predicted molar refractivity (Wildman–Crippen MR) is 59.4 cm³/mol. The highest BCUT2D eigenvalue weighted by atomic mass is 35.5. The molecule has 0 spiro atoms. The van der Waals surface area contributed by atoms with E-state index in [1.807, 2.05) is 0 Å². The van der Waals surface area contributed by atoms with Crippen molar-refractivity contribution in [3.63, 3.8) is 0 Å². The van der Waals surface area contributed by atoms with Crippen LogP contribution in [-0.2, 0) is 6.61 Å². The lowest BCUT2D eigenvalue weighted by atomic mass is 10.3. The molecule has 0 amide bonds. The normalized spacial score (nSPS) is 10.3. The summed E-state index contributed by atoms with van der Waals surface area (Å²) >= 11 is 5.62. The third-order valence-corrected chi connectivity index (χ3v) is 2.31. The molecule has 0 saturated heterocycles. The van der Waals surface area contributed by atoms with E-state index in [1.165, 1.54) is 30.7 Å². The lowest BCUT2D eigenvalue weighted by molar-refractivity contribution is 0.274. The van der Waals surface area contributed by atoms with Crippen molar-refractivity contribution in [2.75, 3.05) is 0 Å². The topological polar surface area (TPSA) is 55.2 Å². The Hall–Kier alpha value is -1.72. The van der Waals surface area contributed by atoms with Gasteiger partial charge in [-0.15, -0.1) is 0 Å². The van der Waals surface area contributed by atoms with Gasteiger partial charge in [-0.3, -0.25) is 0 Å². The van der Waals surface area contributed by atoms with E-state index in [0.29, 0.717) is 11.3 Å². The summed E-state index contributed by atoms with van der Waals surface area (Å²) in [4.78, 5) is 7.62. The summed E-state index contributed by atoms with van der Waals surface area (Å²) in [6.07, 6.45) is 2.73. The number of nitrogens with zero attached hydrogens (tertiary/aromatic N) is 2. The monoisotopic (exact) mass is 254 g/mol. The molecule has 0 atom stereocenters. The van der Waals surface area contributed by atoms with E-state index in [9.17, 15) is 4.39 Å². The zero-order valence-electron chi connectivity index (χ0n) is 8.60. The van der Waals surface area contributed by atoms with Gasteiger partial charge in [-0.05, 0) is 12.1 Å². The van der Waals surface area contributed by atoms with Gasteiger partial charge in [-0.1, -0.05) is 11.6 Å². The molecule has 1 aromatic carbocycles. The van der Waals surface area contributed by atoms with Crippen molar-refractivity contribution in [1.82, 2.24) is 9.97 Å². The molecule has 4 nitrogen and oxygen atoms in total. The Bertz CT molecular complexity index is 537.